The van der Waals surface area contributed by atoms with Crippen molar-refractivity contribution in [3.8, 4) is 0 Å². The third-order valence-corrected chi connectivity index (χ3v) is 2.84. The minimum Gasteiger partial charge on any atom is -0.311 e. The Bertz CT molecular complexity index is 330. The van der Waals surface area contributed by atoms with Crippen LogP contribution in [0.25, 0.3) is 0 Å². The third-order valence-electron chi connectivity index (χ3n) is 2.37. The molecule has 17 heavy (non-hydrogen) atoms. The van der Waals surface area contributed by atoms with Gasteiger partial charge in [-0.05, 0) is 55.9 Å². The molecule has 0 aliphatic heterocycles. The van der Waals surface area contributed by atoms with Crippen molar-refractivity contribution in [3.05, 3.63) is 28.5 Å². The summed E-state index contributed by atoms with van der Waals surface area (Å²) in [5.74, 6) is 0. The molecule has 1 aromatic rings. The molecule has 0 fully saturated rings. The Kier molecular flexibility index (Phi) is 5.56. The first-order valence-electron chi connectivity index (χ1n) is 5.91. The van der Waals surface area contributed by atoms with E-state index in [0.29, 0.717) is 0 Å². The summed E-state index contributed by atoms with van der Waals surface area (Å²) in [7, 11) is 2.12. The van der Waals surface area contributed by atoms with Crippen molar-refractivity contribution in [2.24, 2.45) is 0 Å². The number of likely N-dealkylation sites (N-methyl/N-ethyl adjacent to an activating group) is 1. The third kappa shape index (κ3) is 6.76. The minimum absolute atomic E-state index is 0.191. The monoisotopic (exact) mass is 299 g/mol. The van der Waals surface area contributed by atoms with Crippen LogP contribution in [0, 0.1) is 0 Å². The first-order chi connectivity index (χ1) is 7.87. The van der Waals surface area contributed by atoms with Crippen LogP contribution >= 0.6 is 15.9 Å². The smallest absolute Gasteiger partial charge is 0.0544 e. The van der Waals surface area contributed by atoms with Gasteiger partial charge in [0.15, 0.2) is 0 Å². The largest absolute Gasteiger partial charge is 0.311 e. The second-order valence-corrected chi connectivity index (χ2v) is 6.30. The second-order valence-electron chi connectivity index (χ2n) is 5.38. The van der Waals surface area contributed by atoms with Gasteiger partial charge in [0.1, 0.15) is 0 Å². The van der Waals surface area contributed by atoms with Gasteiger partial charge in [-0.15, -0.1) is 0 Å². The molecule has 1 rings (SSSR count). The van der Waals surface area contributed by atoms with Crippen molar-refractivity contribution >= 4 is 15.9 Å². The number of rotatable bonds is 5. The average molecular weight is 300 g/mol. The molecule has 4 heteroatoms. The highest BCUT2D eigenvalue weighted by Gasteiger charge is 2.08. The van der Waals surface area contributed by atoms with E-state index in [1.165, 1.54) is 0 Å². The number of halogens is 1. The van der Waals surface area contributed by atoms with Crippen molar-refractivity contribution in [3.63, 3.8) is 0 Å². The summed E-state index contributed by atoms with van der Waals surface area (Å²) < 4.78 is 1.03. The highest BCUT2D eigenvalue weighted by Crippen LogP contribution is 2.08. The summed E-state index contributed by atoms with van der Waals surface area (Å²) in [5, 5.41) is 3.48. The first-order valence-corrected chi connectivity index (χ1v) is 6.70. The Labute approximate surface area is 113 Å². The quantitative estimate of drug-likeness (QED) is 0.906. The summed E-state index contributed by atoms with van der Waals surface area (Å²) in [5.41, 5.74) is 1.29. The van der Waals surface area contributed by atoms with Crippen molar-refractivity contribution in [2.75, 3.05) is 20.1 Å². The summed E-state index contributed by atoms with van der Waals surface area (Å²) >= 11 is 3.39. The van der Waals surface area contributed by atoms with E-state index in [-0.39, 0.29) is 5.54 Å². The predicted octanol–water partition coefficient (Wildman–Crippen LogP) is 2.66. The summed E-state index contributed by atoms with van der Waals surface area (Å²) in [6.45, 7) is 9.46. The predicted molar refractivity (Wildman–Crippen MR) is 76.0 cm³/mol. The van der Waals surface area contributed by atoms with Gasteiger partial charge in [0.25, 0.3) is 0 Å². The fraction of sp³-hybridized carbons (Fsp3) is 0.615. The van der Waals surface area contributed by atoms with Gasteiger partial charge in [0, 0.05) is 35.8 Å². The van der Waals surface area contributed by atoms with Crippen LogP contribution in [0.4, 0.5) is 0 Å². The van der Waals surface area contributed by atoms with E-state index in [1.54, 1.807) is 0 Å². The van der Waals surface area contributed by atoms with Crippen LogP contribution in [-0.4, -0.2) is 35.6 Å². The van der Waals surface area contributed by atoms with Crippen LogP contribution in [0.1, 0.15) is 26.5 Å². The molecule has 0 aliphatic carbocycles. The zero-order chi connectivity index (χ0) is 12.9. The molecule has 0 spiro atoms. The molecule has 96 valence electrons. The highest BCUT2D eigenvalue weighted by molar-refractivity contribution is 9.10. The number of hydrogen-bond acceptors (Lipinski definition) is 3. The second kappa shape index (κ2) is 6.47. The zero-order valence-electron chi connectivity index (χ0n) is 11.1. The minimum atomic E-state index is 0.191. The van der Waals surface area contributed by atoms with Crippen LogP contribution < -0.4 is 5.32 Å². The number of hydrogen-bond donors (Lipinski definition) is 1. The van der Waals surface area contributed by atoms with Gasteiger partial charge >= 0.3 is 0 Å². The van der Waals surface area contributed by atoms with E-state index in [9.17, 15) is 0 Å². The molecule has 0 radical (unpaired) electrons. The highest BCUT2D eigenvalue weighted by atomic mass is 79.9. The van der Waals surface area contributed by atoms with Gasteiger partial charge in [-0.2, -0.15) is 0 Å². The molecule has 0 amide bonds. The topological polar surface area (TPSA) is 28.2 Å². The maximum Gasteiger partial charge on any atom is 0.0544 e. The molecule has 1 N–H and O–H groups in total. The lowest BCUT2D eigenvalue weighted by molar-refractivity contribution is 0.300. The van der Waals surface area contributed by atoms with E-state index in [0.717, 1.165) is 29.8 Å². The zero-order valence-corrected chi connectivity index (χ0v) is 12.7. The lowest BCUT2D eigenvalue weighted by atomic mass is 10.1. The van der Waals surface area contributed by atoms with E-state index in [4.69, 9.17) is 0 Å². The summed E-state index contributed by atoms with van der Waals surface area (Å²) in [6.07, 6.45) is 1.84. The Balaban J connectivity index is 2.30. The Hall–Kier alpha value is -0.450. The van der Waals surface area contributed by atoms with Crippen LogP contribution in [0.5, 0.6) is 0 Å². The molecule has 0 aromatic carbocycles. The Morgan fingerprint density at radius 1 is 1.35 bits per heavy atom. The van der Waals surface area contributed by atoms with Gasteiger partial charge < -0.3 is 5.32 Å². The molecule has 0 bridgehead atoms. The molecule has 0 aliphatic rings. The van der Waals surface area contributed by atoms with Crippen LogP contribution in [0.2, 0.25) is 0 Å². The standard InChI is InChI=1S/C13H22BrN3/c1-13(2,3)16-7-8-17(4)10-12-6-5-11(14)9-15-12/h5-6,9,16H,7-8,10H2,1-4H3. The normalized spacial score (nSPS) is 12.1. The maximum absolute atomic E-state index is 4.37. The summed E-state index contributed by atoms with van der Waals surface area (Å²) in [4.78, 5) is 6.64. The maximum atomic E-state index is 4.37. The van der Waals surface area contributed by atoms with Crippen molar-refractivity contribution in [1.29, 1.82) is 0 Å². The molecule has 0 saturated carbocycles. The van der Waals surface area contributed by atoms with E-state index in [2.05, 4.69) is 65.0 Å². The van der Waals surface area contributed by atoms with Crippen molar-refractivity contribution in [2.45, 2.75) is 32.9 Å². The molecule has 0 atom stereocenters. The molecule has 1 heterocycles. The molecule has 3 nitrogen and oxygen atoms in total. The van der Waals surface area contributed by atoms with Crippen molar-refractivity contribution < 1.29 is 0 Å². The molecule has 1 aromatic heterocycles. The van der Waals surface area contributed by atoms with Gasteiger partial charge in [-0.25, -0.2) is 0 Å². The van der Waals surface area contributed by atoms with Gasteiger partial charge in [-0.1, -0.05) is 0 Å². The van der Waals surface area contributed by atoms with Crippen LogP contribution in [0.3, 0.4) is 0 Å². The van der Waals surface area contributed by atoms with E-state index in [1.807, 2.05) is 12.3 Å². The average Bonchev–Trinajstić information content (AvgIpc) is 2.19. The molecule has 0 unspecified atom stereocenters. The Morgan fingerprint density at radius 3 is 2.59 bits per heavy atom. The molecule has 0 saturated heterocycles. The summed E-state index contributed by atoms with van der Waals surface area (Å²) in [6, 6.07) is 4.08. The number of pyridine rings is 1. The van der Waals surface area contributed by atoms with Gasteiger partial charge in [0.2, 0.25) is 0 Å². The van der Waals surface area contributed by atoms with Crippen LogP contribution in [0.15, 0.2) is 22.8 Å². The molecular weight excluding hydrogens is 278 g/mol. The van der Waals surface area contributed by atoms with Gasteiger partial charge in [-0.3, -0.25) is 9.88 Å². The van der Waals surface area contributed by atoms with Crippen LogP contribution in [-0.2, 0) is 6.54 Å². The fourth-order valence-corrected chi connectivity index (χ4v) is 1.71. The van der Waals surface area contributed by atoms with Gasteiger partial charge in [0.05, 0.1) is 5.69 Å². The first kappa shape index (κ1) is 14.6. The Morgan fingerprint density at radius 2 is 2.06 bits per heavy atom. The van der Waals surface area contributed by atoms with Crippen molar-refractivity contribution in [1.82, 2.24) is 15.2 Å². The lowest BCUT2D eigenvalue weighted by Crippen LogP contribution is -2.40. The lowest BCUT2D eigenvalue weighted by Gasteiger charge is -2.23. The number of nitrogens with one attached hydrogen (secondary N) is 1. The molecular formula is C13H22BrN3. The number of aromatic nitrogens is 1. The van der Waals surface area contributed by atoms with E-state index < -0.39 is 0 Å². The SMILES string of the molecule is CN(CCNC(C)(C)C)Cc1ccc(Br)cn1. The number of nitrogens with zero attached hydrogens (tertiary/aromatic N) is 2. The van der Waals surface area contributed by atoms with E-state index >= 15 is 0 Å². The fourth-order valence-electron chi connectivity index (χ4n) is 1.48.